The first kappa shape index (κ1) is 12.5. The monoisotopic (exact) mass is 224 g/mol. The maximum absolute atomic E-state index is 12.8. The van der Waals surface area contributed by atoms with Crippen LogP contribution in [0.3, 0.4) is 0 Å². The van der Waals surface area contributed by atoms with Crippen LogP contribution in [0.25, 0.3) is 0 Å². The summed E-state index contributed by atoms with van der Waals surface area (Å²) >= 11 is 0. The molecule has 0 aliphatic heterocycles. The van der Waals surface area contributed by atoms with Crippen LogP contribution in [0.4, 0.5) is 10.1 Å². The van der Waals surface area contributed by atoms with Crippen LogP contribution in [0.15, 0.2) is 18.2 Å². The molecule has 0 saturated carbocycles. The summed E-state index contributed by atoms with van der Waals surface area (Å²) in [5.74, 6) is -0.220. The molecule has 0 heterocycles. The Balaban J connectivity index is 2.88. The van der Waals surface area contributed by atoms with Crippen LogP contribution in [-0.4, -0.2) is 24.4 Å². The van der Waals surface area contributed by atoms with Crippen LogP contribution in [0.2, 0.25) is 0 Å². The number of amides is 1. The largest absolute Gasteiger partial charge is 0.398 e. The molecular weight excluding hydrogens is 207 g/mol. The summed E-state index contributed by atoms with van der Waals surface area (Å²) in [6.45, 7) is 4.70. The van der Waals surface area contributed by atoms with Crippen molar-refractivity contribution in [2.75, 3.05) is 19.3 Å². The number of anilines is 1. The molecule has 0 radical (unpaired) electrons. The summed E-state index contributed by atoms with van der Waals surface area (Å²) in [5, 5.41) is 0. The van der Waals surface area contributed by atoms with Gasteiger partial charge in [0.25, 0.3) is 5.91 Å². The van der Waals surface area contributed by atoms with E-state index in [9.17, 15) is 9.18 Å². The number of rotatable bonds is 3. The van der Waals surface area contributed by atoms with E-state index in [1.807, 2.05) is 13.8 Å². The van der Waals surface area contributed by atoms with E-state index in [0.717, 1.165) is 6.07 Å². The van der Waals surface area contributed by atoms with Crippen LogP contribution in [0.5, 0.6) is 0 Å². The molecule has 16 heavy (non-hydrogen) atoms. The highest BCUT2D eigenvalue weighted by molar-refractivity contribution is 5.98. The van der Waals surface area contributed by atoms with Gasteiger partial charge >= 0.3 is 0 Å². The zero-order valence-electron chi connectivity index (χ0n) is 9.83. The molecule has 2 N–H and O–H groups in total. The lowest BCUT2D eigenvalue weighted by Crippen LogP contribution is -2.30. The summed E-state index contributed by atoms with van der Waals surface area (Å²) in [6.07, 6.45) is 0. The SMILES string of the molecule is CC(C)CN(C)C(=O)c1ccc(F)cc1N. The fourth-order valence-corrected chi connectivity index (χ4v) is 1.56. The van der Waals surface area contributed by atoms with Gasteiger partial charge in [-0.25, -0.2) is 4.39 Å². The van der Waals surface area contributed by atoms with Crippen LogP contribution < -0.4 is 5.73 Å². The van der Waals surface area contributed by atoms with E-state index in [1.165, 1.54) is 12.1 Å². The molecule has 1 aromatic rings. The Kier molecular flexibility index (Phi) is 3.88. The van der Waals surface area contributed by atoms with Gasteiger partial charge in [-0.05, 0) is 24.1 Å². The number of halogens is 1. The van der Waals surface area contributed by atoms with Gasteiger partial charge in [0, 0.05) is 19.3 Å². The summed E-state index contributed by atoms with van der Waals surface area (Å²) < 4.78 is 12.8. The van der Waals surface area contributed by atoms with Crippen molar-refractivity contribution in [2.24, 2.45) is 5.92 Å². The first-order chi connectivity index (χ1) is 7.41. The van der Waals surface area contributed by atoms with E-state index in [2.05, 4.69) is 0 Å². The van der Waals surface area contributed by atoms with Crippen molar-refractivity contribution in [1.82, 2.24) is 4.90 Å². The molecule has 0 saturated heterocycles. The maximum atomic E-state index is 12.8. The van der Waals surface area contributed by atoms with Crippen LogP contribution in [0.1, 0.15) is 24.2 Å². The standard InChI is InChI=1S/C12H17FN2O/c1-8(2)7-15(3)12(16)10-5-4-9(13)6-11(10)14/h4-6,8H,7,14H2,1-3H3. The van der Waals surface area contributed by atoms with E-state index < -0.39 is 5.82 Å². The van der Waals surface area contributed by atoms with Crippen LogP contribution in [0, 0.1) is 11.7 Å². The maximum Gasteiger partial charge on any atom is 0.255 e. The molecule has 0 fully saturated rings. The minimum absolute atomic E-state index is 0.175. The van der Waals surface area contributed by atoms with Crippen molar-refractivity contribution in [1.29, 1.82) is 0 Å². The summed E-state index contributed by atoms with van der Waals surface area (Å²) in [5.41, 5.74) is 6.14. The Labute approximate surface area is 95.0 Å². The van der Waals surface area contributed by atoms with Gasteiger partial charge < -0.3 is 10.6 Å². The smallest absolute Gasteiger partial charge is 0.255 e. The number of nitrogens with two attached hydrogens (primary N) is 1. The number of nitrogens with zero attached hydrogens (tertiary/aromatic N) is 1. The van der Waals surface area contributed by atoms with E-state index in [4.69, 9.17) is 5.73 Å². The summed E-state index contributed by atoms with van der Waals surface area (Å²) in [6, 6.07) is 3.83. The molecule has 0 atom stereocenters. The molecule has 1 amide bonds. The molecule has 0 unspecified atom stereocenters. The first-order valence-electron chi connectivity index (χ1n) is 5.22. The Morgan fingerprint density at radius 3 is 2.62 bits per heavy atom. The predicted octanol–water partition coefficient (Wildman–Crippen LogP) is 2.14. The van der Waals surface area contributed by atoms with Crippen molar-refractivity contribution in [2.45, 2.75) is 13.8 Å². The second kappa shape index (κ2) is 4.96. The number of nitrogen functional groups attached to an aromatic ring is 1. The van der Waals surface area contributed by atoms with Crippen molar-refractivity contribution in [3.63, 3.8) is 0 Å². The first-order valence-corrected chi connectivity index (χ1v) is 5.22. The number of hydrogen-bond acceptors (Lipinski definition) is 2. The van der Waals surface area contributed by atoms with Crippen molar-refractivity contribution >= 4 is 11.6 Å². The molecule has 0 spiro atoms. The second-order valence-electron chi connectivity index (χ2n) is 4.31. The van der Waals surface area contributed by atoms with Crippen LogP contribution in [-0.2, 0) is 0 Å². The van der Waals surface area contributed by atoms with Crippen molar-refractivity contribution in [3.05, 3.63) is 29.6 Å². The molecule has 0 aliphatic carbocycles. The minimum Gasteiger partial charge on any atom is -0.398 e. The molecule has 0 bridgehead atoms. The molecule has 1 rings (SSSR count). The van der Waals surface area contributed by atoms with E-state index in [-0.39, 0.29) is 11.6 Å². The van der Waals surface area contributed by atoms with Gasteiger partial charge in [0.1, 0.15) is 5.82 Å². The lowest BCUT2D eigenvalue weighted by molar-refractivity contribution is 0.0780. The number of carbonyl (C=O) groups excluding carboxylic acids is 1. The van der Waals surface area contributed by atoms with Gasteiger partial charge in [-0.2, -0.15) is 0 Å². The zero-order chi connectivity index (χ0) is 12.3. The Hall–Kier alpha value is -1.58. The van der Waals surface area contributed by atoms with Gasteiger partial charge in [0.2, 0.25) is 0 Å². The summed E-state index contributed by atoms with van der Waals surface area (Å²) in [7, 11) is 1.71. The Morgan fingerprint density at radius 1 is 1.50 bits per heavy atom. The topological polar surface area (TPSA) is 46.3 Å². The lowest BCUT2D eigenvalue weighted by atomic mass is 10.1. The van der Waals surface area contributed by atoms with Crippen molar-refractivity contribution < 1.29 is 9.18 Å². The number of carbonyl (C=O) groups is 1. The molecule has 0 aromatic heterocycles. The molecule has 4 heteroatoms. The number of benzene rings is 1. The highest BCUT2D eigenvalue weighted by atomic mass is 19.1. The Morgan fingerprint density at radius 2 is 2.12 bits per heavy atom. The third-order valence-electron chi connectivity index (χ3n) is 2.23. The third-order valence-corrected chi connectivity index (χ3v) is 2.23. The van der Waals surface area contributed by atoms with Gasteiger partial charge in [0.15, 0.2) is 0 Å². The average molecular weight is 224 g/mol. The molecule has 1 aromatic carbocycles. The molecule has 0 aliphatic rings. The van der Waals surface area contributed by atoms with Crippen molar-refractivity contribution in [3.8, 4) is 0 Å². The third kappa shape index (κ3) is 2.95. The van der Waals surface area contributed by atoms with Gasteiger partial charge in [-0.1, -0.05) is 13.8 Å². The van der Waals surface area contributed by atoms with E-state index in [0.29, 0.717) is 18.0 Å². The predicted molar refractivity (Wildman–Crippen MR) is 62.6 cm³/mol. The van der Waals surface area contributed by atoms with Gasteiger partial charge in [-0.3, -0.25) is 4.79 Å². The fourth-order valence-electron chi connectivity index (χ4n) is 1.56. The zero-order valence-corrected chi connectivity index (χ0v) is 9.83. The average Bonchev–Trinajstić information content (AvgIpc) is 2.15. The summed E-state index contributed by atoms with van der Waals surface area (Å²) in [4.78, 5) is 13.5. The normalized spacial score (nSPS) is 10.6. The highest BCUT2D eigenvalue weighted by Crippen LogP contribution is 2.15. The second-order valence-corrected chi connectivity index (χ2v) is 4.31. The van der Waals surface area contributed by atoms with E-state index >= 15 is 0 Å². The quantitative estimate of drug-likeness (QED) is 0.799. The van der Waals surface area contributed by atoms with Gasteiger partial charge in [-0.15, -0.1) is 0 Å². The molecule has 88 valence electrons. The Bertz CT molecular complexity index is 391. The van der Waals surface area contributed by atoms with E-state index in [1.54, 1.807) is 11.9 Å². The van der Waals surface area contributed by atoms with Gasteiger partial charge in [0.05, 0.1) is 5.56 Å². The van der Waals surface area contributed by atoms with Crippen LogP contribution >= 0.6 is 0 Å². The minimum atomic E-state index is -0.430. The molecule has 3 nitrogen and oxygen atoms in total. The molecular formula is C12H17FN2O. The lowest BCUT2D eigenvalue weighted by Gasteiger charge is -2.20. The fraction of sp³-hybridized carbons (Fsp3) is 0.417. The number of hydrogen-bond donors (Lipinski definition) is 1. The highest BCUT2D eigenvalue weighted by Gasteiger charge is 2.15.